The van der Waals surface area contributed by atoms with Crippen molar-refractivity contribution in [3.8, 4) is 5.75 Å². The molecule has 2 rings (SSSR count). The average Bonchev–Trinajstić information content (AvgIpc) is 2.92. The Kier molecular flexibility index (Phi) is 4.52. The van der Waals surface area contributed by atoms with Gasteiger partial charge in [-0.15, -0.1) is 11.3 Å². The molecule has 5 heteroatoms. The van der Waals surface area contributed by atoms with Crippen molar-refractivity contribution in [1.82, 2.24) is 10.3 Å². The summed E-state index contributed by atoms with van der Waals surface area (Å²) in [6.07, 6.45) is 1.71. The summed E-state index contributed by atoms with van der Waals surface area (Å²) < 4.78 is 0. The zero-order valence-electron chi connectivity index (χ0n) is 10.7. The Morgan fingerprint density at radius 2 is 2.16 bits per heavy atom. The van der Waals surface area contributed by atoms with Gasteiger partial charge in [0.05, 0.1) is 5.51 Å². The Hall–Kier alpha value is -1.88. The van der Waals surface area contributed by atoms with Crippen LogP contribution in [-0.2, 0) is 6.42 Å². The number of amides is 1. The smallest absolute Gasteiger partial charge is 0.270 e. The minimum atomic E-state index is -0.126. The number of hydrogen-bond acceptors (Lipinski definition) is 4. The van der Waals surface area contributed by atoms with E-state index in [1.165, 1.54) is 11.3 Å². The number of aromatic nitrogens is 1. The number of nitrogens with one attached hydrogen (secondary N) is 1. The third-order valence-corrected chi connectivity index (χ3v) is 3.43. The van der Waals surface area contributed by atoms with Crippen molar-refractivity contribution in [2.45, 2.75) is 25.8 Å². The summed E-state index contributed by atoms with van der Waals surface area (Å²) in [5.41, 5.74) is 3.27. The number of carbonyl (C=O) groups is 1. The first kappa shape index (κ1) is 13.5. The fourth-order valence-corrected chi connectivity index (χ4v) is 2.27. The summed E-state index contributed by atoms with van der Waals surface area (Å²) in [5.74, 6) is 0.146. The van der Waals surface area contributed by atoms with Gasteiger partial charge in [-0.1, -0.05) is 12.1 Å². The Morgan fingerprint density at radius 3 is 2.79 bits per heavy atom. The van der Waals surface area contributed by atoms with Crippen LogP contribution in [0.4, 0.5) is 0 Å². The molecule has 0 aliphatic heterocycles. The van der Waals surface area contributed by atoms with Crippen LogP contribution >= 0.6 is 11.3 Å². The van der Waals surface area contributed by atoms with Crippen LogP contribution in [0.25, 0.3) is 0 Å². The maximum Gasteiger partial charge on any atom is 0.270 e. The molecule has 1 aromatic carbocycles. The van der Waals surface area contributed by atoms with E-state index in [2.05, 4.69) is 10.3 Å². The molecule has 1 atom stereocenters. The van der Waals surface area contributed by atoms with Gasteiger partial charge in [0.1, 0.15) is 11.4 Å². The molecule has 1 unspecified atom stereocenters. The lowest BCUT2D eigenvalue weighted by Gasteiger charge is -2.12. The van der Waals surface area contributed by atoms with Crippen molar-refractivity contribution in [2.24, 2.45) is 0 Å². The summed E-state index contributed by atoms with van der Waals surface area (Å²) in [5, 5.41) is 13.9. The van der Waals surface area contributed by atoms with E-state index >= 15 is 0 Å². The molecule has 0 aliphatic rings. The standard InChI is InChI=1S/C14H16N2O2S/c1-10(16-14(18)13-8-19-9-15-13)2-3-11-4-6-12(17)7-5-11/h4-10,17H,2-3H2,1H3,(H,16,18). The lowest BCUT2D eigenvalue weighted by atomic mass is 10.1. The molecule has 1 aromatic heterocycles. The lowest BCUT2D eigenvalue weighted by molar-refractivity contribution is 0.0934. The van der Waals surface area contributed by atoms with E-state index in [1.54, 1.807) is 23.0 Å². The number of phenols is 1. The van der Waals surface area contributed by atoms with Crippen molar-refractivity contribution < 1.29 is 9.90 Å². The molecule has 100 valence electrons. The van der Waals surface area contributed by atoms with E-state index in [-0.39, 0.29) is 17.7 Å². The third kappa shape index (κ3) is 4.06. The maximum atomic E-state index is 11.8. The van der Waals surface area contributed by atoms with Gasteiger partial charge in [-0.3, -0.25) is 4.79 Å². The SMILES string of the molecule is CC(CCc1ccc(O)cc1)NC(=O)c1cscn1. The predicted molar refractivity (Wildman–Crippen MR) is 75.5 cm³/mol. The molecule has 0 aliphatic carbocycles. The van der Waals surface area contributed by atoms with Crippen molar-refractivity contribution in [2.75, 3.05) is 0 Å². The van der Waals surface area contributed by atoms with Gasteiger partial charge in [-0.2, -0.15) is 0 Å². The van der Waals surface area contributed by atoms with Crippen LogP contribution in [0.3, 0.4) is 0 Å². The highest BCUT2D eigenvalue weighted by Crippen LogP contribution is 2.12. The van der Waals surface area contributed by atoms with Crippen LogP contribution in [0.15, 0.2) is 35.2 Å². The van der Waals surface area contributed by atoms with Crippen LogP contribution in [0.2, 0.25) is 0 Å². The molecule has 0 radical (unpaired) electrons. The molecular formula is C14H16N2O2S. The number of aromatic hydroxyl groups is 1. The van der Waals surface area contributed by atoms with E-state index < -0.39 is 0 Å². The highest BCUT2D eigenvalue weighted by Gasteiger charge is 2.11. The van der Waals surface area contributed by atoms with Gasteiger partial charge in [0.25, 0.3) is 5.91 Å². The van der Waals surface area contributed by atoms with E-state index in [0.29, 0.717) is 5.69 Å². The monoisotopic (exact) mass is 276 g/mol. The van der Waals surface area contributed by atoms with Crippen LogP contribution in [0, 0.1) is 0 Å². The normalized spacial score (nSPS) is 12.1. The molecule has 0 fully saturated rings. The first-order chi connectivity index (χ1) is 9.15. The number of phenolic OH excluding ortho intramolecular Hbond substituents is 1. The van der Waals surface area contributed by atoms with Gasteiger partial charge in [0.15, 0.2) is 0 Å². The van der Waals surface area contributed by atoms with Gasteiger partial charge in [-0.05, 0) is 37.5 Å². The summed E-state index contributed by atoms with van der Waals surface area (Å²) in [6, 6.07) is 7.22. The van der Waals surface area contributed by atoms with Crippen LogP contribution in [0.5, 0.6) is 5.75 Å². The van der Waals surface area contributed by atoms with Crippen LogP contribution < -0.4 is 5.32 Å². The Labute approximate surface area is 116 Å². The largest absolute Gasteiger partial charge is 0.508 e. The highest BCUT2D eigenvalue weighted by atomic mass is 32.1. The Bertz CT molecular complexity index is 523. The molecule has 0 saturated heterocycles. The lowest BCUT2D eigenvalue weighted by Crippen LogP contribution is -2.33. The molecule has 0 spiro atoms. The van der Waals surface area contributed by atoms with Crippen molar-refractivity contribution >= 4 is 17.2 Å². The number of rotatable bonds is 5. The number of thiazole rings is 1. The van der Waals surface area contributed by atoms with E-state index in [0.717, 1.165) is 18.4 Å². The third-order valence-electron chi connectivity index (χ3n) is 2.84. The minimum Gasteiger partial charge on any atom is -0.508 e. The van der Waals surface area contributed by atoms with Crippen molar-refractivity contribution in [3.05, 3.63) is 46.4 Å². The second-order valence-corrected chi connectivity index (χ2v) is 5.17. The first-order valence-corrected chi connectivity index (χ1v) is 7.06. The molecule has 2 N–H and O–H groups in total. The van der Waals surface area contributed by atoms with Crippen LogP contribution in [0.1, 0.15) is 29.4 Å². The molecule has 0 bridgehead atoms. The van der Waals surface area contributed by atoms with E-state index in [4.69, 9.17) is 0 Å². The predicted octanol–water partition coefficient (Wildman–Crippen LogP) is 2.60. The van der Waals surface area contributed by atoms with Crippen molar-refractivity contribution in [3.63, 3.8) is 0 Å². The molecule has 19 heavy (non-hydrogen) atoms. The summed E-state index contributed by atoms with van der Waals surface area (Å²) in [7, 11) is 0. The second kappa shape index (κ2) is 6.33. The van der Waals surface area contributed by atoms with Gasteiger partial charge >= 0.3 is 0 Å². The fraction of sp³-hybridized carbons (Fsp3) is 0.286. The van der Waals surface area contributed by atoms with Crippen LogP contribution in [-0.4, -0.2) is 22.0 Å². The quantitative estimate of drug-likeness (QED) is 0.882. The van der Waals surface area contributed by atoms with Crippen molar-refractivity contribution in [1.29, 1.82) is 0 Å². The highest BCUT2D eigenvalue weighted by molar-refractivity contribution is 7.07. The van der Waals surface area contributed by atoms with Gasteiger partial charge in [0.2, 0.25) is 0 Å². The average molecular weight is 276 g/mol. The van der Waals surface area contributed by atoms with Gasteiger partial charge in [-0.25, -0.2) is 4.98 Å². The van der Waals surface area contributed by atoms with E-state index in [1.807, 2.05) is 19.1 Å². The molecule has 0 saturated carbocycles. The molecule has 1 amide bonds. The number of nitrogens with zero attached hydrogens (tertiary/aromatic N) is 1. The number of carbonyl (C=O) groups excluding carboxylic acids is 1. The Morgan fingerprint density at radius 1 is 1.42 bits per heavy atom. The number of aryl methyl sites for hydroxylation is 1. The topological polar surface area (TPSA) is 62.2 Å². The molecule has 2 aromatic rings. The molecular weight excluding hydrogens is 260 g/mol. The van der Waals surface area contributed by atoms with Gasteiger partial charge in [0, 0.05) is 11.4 Å². The minimum absolute atomic E-state index is 0.0861. The second-order valence-electron chi connectivity index (χ2n) is 4.45. The number of hydrogen-bond donors (Lipinski definition) is 2. The fourth-order valence-electron chi connectivity index (χ4n) is 1.74. The molecule has 1 heterocycles. The maximum absolute atomic E-state index is 11.8. The molecule has 4 nitrogen and oxygen atoms in total. The summed E-state index contributed by atoms with van der Waals surface area (Å²) >= 11 is 1.41. The zero-order chi connectivity index (χ0) is 13.7. The summed E-state index contributed by atoms with van der Waals surface area (Å²) in [6.45, 7) is 1.98. The number of benzene rings is 1. The van der Waals surface area contributed by atoms with Gasteiger partial charge < -0.3 is 10.4 Å². The summed E-state index contributed by atoms with van der Waals surface area (Å²) in [4.78, 5) is 15.7. The van der Waals surface area contributed by atoms with E-state index in [9.17, 15) is 9.90 Å². The zero-order valence-corrected chi connectivity index (χ0v) is 11.5. The Balaban J connectivity index is 1.80. The first-order valence-electron chi connectivity index (χ1n) is 6.12.